The van der Waals surface area contributed by atoms with Crippen LogP contribution in [-0.4, -0.2) is 6.54 Å². The number of fused-ring (bicyclic) bond motifs is 1. The summed E-state index contributed by atoms with van der Waals surface area (Å²) in [6.07, 6.45) is 12.3. The summed E-state index contributed by atoms with van der Waals surface area (Å²) in [6.45, 7) is 5.89. The SMILES string of the molecule is CCCC(CCC)C1(C2CCCC2)NCCc2ccccc21. The Morgan fingerprint density at radius 1 is 1.09 bits per heavy atom. The molecule has 0 radical (unpaired) electrons. The molecule has 1 heterocycles. The molecule has 3 rings (SSSR count). The Morgan fingerprint density at radius 3 is 2.45 bits per heavy atom. The van der Waals surface area contributed by atoms with Gasteiger partial charge in [-0.2, -0.15) is 0 Å². The summed E-state index contributed by atoms with van der Waals surface area (Å²) in [6, 6.07) is 9.33. The van der Waals surface area contributed by atoms with Crippen LogP contribution in [0.2, 0.25) is 0 Å². The van der Waals surface area contributed by atoms with Crippen LogP contribution in [0.5, 0.6) is 0 Å². The van der Waals surface area contributed by atoms with Crippen molar-refractivity contribution in [1.29, 1.82) is 0 Å². The molecule has 1 fully saturated rings. The van der Waals surface area contributed by atoms with Crippen LogP contribution >= 0.6 is 0 Å². The lowest BCUT2D eigenvalue weighted by atomic mass is 9.63. The zero-order valence-electron chi connectivity index (χ0n) is 14.5. The molecule has 22 heavy (non-hydrogen) atoms. The summed E-state index contributed by atoms with van der Waals surface area (Å²) in [5.41, 5.74) is 3.53. The third-order valence-electron chi connectivity index (χ3n) is 6.19. The van der Waals surface area contributed by atoms with Crippen molar-refractivity contribution in [2.75, 3.05) is 6.54 Å². The molecule has 0 bridgehead atoms. The van der Waals surface area contributed by atoms with Crippen LogP contribution in [0.25, 0.3) is 0 Å². The molecule has 0 saturated heterocycles. The molecule has 1 aromatic rings. The van der Waals surface area contributed by atoms with Crippen molar-refractivity contribution in [2.24, 2.45) is 11.8 Å². The molecule has 2 aliphatic rings. The fourth-order valence-electron chi connectivity index (χ4n) is 5.38. The summed E-state index contributed by atoms with van der Waals surface area (Å²) >= 11 is 0. The van der Waals surface area contributed by atoms with E-state index in [9.17, 15) is 0 Å². The first-order valence-electron chi connectivity index (χ1n) is 9.66. The Labute approximate surface area is 136 Å². The average Bonchev–Trinajstić information content (AvgIpc) is 3.09. The fraction of sp³-hybridized carbons (Fsp3) is 0.714. The number of nitrogens with one attached hydrogen (secondary N) is 1. The number of benzene rings is 1. The van der Waals surface area contributed by atoms with Gasteiger partial charge in [0.15, 0.2) is 0 Å². The van der Waals surface area contributed by atoms with Crippen molar-refractivity contribution in [3.05, 3.63) is 35.4 Å². The molecule has 0 aromatic heterocycles. The highest BCUT2D eigenvalue weighted by molar-refractivity contribution is 5.38. The smallest absolute Gasteiger partial charge is 0.0494 e. The third-order valence-corrected chi connectivity index (χ3v) is 6.19. The van der Waals surface area contributed by atoms with Crippen molar-refractivity contribution >= 4 is 0 Å². The minimum Gasteiger partial charge on any atom is -0.307 e. The van der Waals surface area contributed by atoms with E-state index in [4.69, 9.17) is 0 Å². The van der Waals surface area contributed by atoms with Gasteiger partial charge < -0.3 is 5.32 Å². The molecule has 1 atom stereocenters. The fourth-order valence-corrected chi connectivity index (χ4v) is 5.38. The molecule has 1 N–H and O–H groups in total. The van der Waals surface area contributed by atoms with Crippen molar-refractivity contribution in [1.82, 2.24) is 5.32 Å². The molecule has 1 nitrogen and oxygen atoms in total. The Morgan fingerprint density at radius 2 is 1.77 bits per heavy atom. The van der Waals surface area contributed by atoms with Gasteiger partial charge in [0, 0.05) is 12.1 Å². The Balaban J connectivity index is 2.07. The van der Waals surface area contributed by atoms with Gasteiger partial charge in [-0.1, -0.05) is 63.8 Å². The van der Waals surface area contributed by atoms with Crippen molar-refractivity contribution < 1.29 is 0 Å². The van der Waals surface area contributed by atoms with E-state index in [2.05, 4.69) is 43.4 Å². The van der Waals surface area contributed by atoms with E-state index in [1.54, 1.807) is 11.1 Å². The van der Waals surface area contributed by atoms with Gasteiger partial charge in [0.2, 0.25) is 0 Å². The second kappa shape index (κ2) is 7.17. The topological polar surface area (TPSA) is 12.0 Å². The zero-order chi connectivity index (χ0) is 15.4. The van der Waals surface area contributed by atoms with Crippen LogP contribution < -0.4 is 5.32 Å². The standard InChI is InChI=1S/C21H33N/c1-3-9-18(10-4-2)21(19-12-6-7-13-19)20-14-8-5-11-17(20)15-16-22-21/h5,8,11,14,18-19,22H,3-4,6-7,9-10,12-13,15-16H2,1-2H3. The highest BCUT2D eigenvalue weighted by Crippen LogP contribution is 2.50. The maximum absolute atomic E-state index is 4.10. The van der Waals surface area contributed by atoms with Crippen LogP contribution in [-0.2, 0) is 12.0 Å². The number of hydrogen-bond acceptors (Lipinski definition) is 1. The van der Waals surface area contributed by atoms with Crippen LogP contribution in [0.1, 0.15) is 76.3 Å². The largest absolute Gasteiger partial charge is 0.307 e. The Hall–Kier alpha value is -0.820. The van der Waals surface area contributed by atoms with E-state index in [1.807, 2.05) is 0 Å². The van der Waals surface area contributed by atoms with Crippen molar-refractivity contribution in [3.8, 4) is 0 Å². The van der Waals surface area contributed by atoms with Gasteiger partial charge in [-0.25, -0.2) is 0 Å². The molecule has 1 aliphatic carbocycles. The first-order valence-corrected chi connectivity index (χ1v) is 9.66. The third kappa shape index (κ3) is 2.73. The number of rotatable bonds is 6. The van der Waals surface area contributed by atoms with Crippen molar-refractivity contribution in [3.63, 3.8) is 0 Å². The summed E-state index contributed by atoms with van der Waals surface area (Å²) in [4.78, 5) is 0. The summed E-state index contributed by atoms with van der Waals surface area (Å²) < 4.78 is 0. The first-order chi connectivity index (χ1) is 10.8. The minimum atomic E-state index is 0.261. The second-order valence-corrected chi connectivity index (χ2v) is 7.46. The maximum atomic E-state index is 4.10. The summed E-state index contributed by atoms with van der Waals surface area (Å²) in [5.74, 6) is 1.64. The predicted molar refractivity (Wildman–Crippen MR) is 95.1 cm³/mol. The van der Waals surface area contributed by atoms with Gasteiger partial charge >= 0.3 is 0 Å². The molecule has 1 aliphatic heterocycles. The van der Waals surface area contributed by atoms with E-state index in [0.717, 1.165) is 18.4 Å². The van der Waals surface area contributed by atoms with Gasteiger partial charge in [-0.05, 0) is 55.1 Å². The molecular weight excluding hydrogens is 266 g/mol. The quantitative estimate of drug-likeness (QED) is 0.738. The van der Waals surface area contributed by atoms with Crippen LogP contribution in [0.4, 0.5) is 0 Å². The van der Waals surface area contributed by atoms with Crippen molar-refractivity contribution in [2.45, 2.75) is 77.2 Å². The molecule has 0 spiro atoms. The minimum absolute atomic E-state index is 0.261. The molecule has 1 saturated carbocycles. The van der Waals surface area contributed by atoms with Gasteiger partial charge in [-0.3, -0.25) is 0 Å². The zero-order valence-corrected chi connectivity index (χ0v) is 14.5. The van der Waals surface area contributed by atoms with E-state index >= 15 is 0 Å². The molecule has 122 valence electrons. The molecular formula is C21H33N. The van der Waals surface area contributed by atoms with E-state index in [0.29, 0.717) is 0 Å². The predicted octanol–water partition coefficient (Wildman–Crippen LogP) is 5.43. The highest BCUT2D eigenvalue weighted by atomic mass is 15.0. The van der Waals surface area contributed by atoms with Gasteiger partial charge in [0.25, 0.3) is 0 Å². The Kier molecular flexibility index (Phi) is 5.23. The lowest BCUT2D eigenvalue weighted by molar-refractivity contribution is 0.0979. The Bertz CT molecular complexity index is 469. The van der Waals surface area contributed by atoms with Gasteiger partial charge in [-0.15, -0.1) is 0 Å². The average molecular weight is 300 g/mol. The molecule has 1 aromatic carbocycles. The summed E-state index contributed by atoms with van der Waals surface area (Å²) in [7, 11) is 0. The van der Waals surface area contributed by atoms with E-state index in [-0.39, 0.29) is 5.54 Å². The normalized spacial score (nSPS) is 25.6. The van der Waals surface area contributed by atoms with Gasteiger partial charge in [0.1, 0.15) is 0 Å². The molecule has 0 amide bonds. The first kappa shape index (κ1) is 16.1. The van der Waals surface area contributed by atoms with E-state index in [1.165, 1.54) is 57.8 Å². The van der Waals surface area contributed by atoms with Crippen LogP contribution in [0, 0.1) is 11.8 Å². The lowest BCUT2D eigenvalue weighted by Gasteiger charge is -2.50. The number of hydrogen-bond donors (Lipinski definition) is 1. The molecule has 1 unspecified atom stereocenters. The van der Waals surface area contributed by atoms with Gasteiger partial charge in [0.05, 0.1) is 0 Å². The maximum Gasteiger partial charge on any atom is 0.0494 e. The lowest BCUT2D eigenvalue weighted by Crippen LogP contribution is -2.56. The monoisotopic (exact) mass is 299 g/mol. The van der Waals surface area contributed by atoms with Crippen LogP contribution in [0.3, 0.4) is 0 Å². The molecule has 1 heteroatoms. The van der Waals surface area contributed by atoms with E-state index < -0.39 is 0 Å². The highest BCUT2D eigenvalue weighted by Gasteiger charge is 2.48. The second-order valence-electron chi connectivity index (χ2n) is 7.46. The van der Waals surface area contributed by atoms with Crippen LogP contribution in [0.15, 0.2) is 24.3 Å². The summed E-state index contributed by atoms with van der Waals surface area (Å²) in [5, 5.41) is 4.10.